The second-order valence-corrected chi connectivity index (χ2v) is 8.14. The lowest BCUT2D eigenvalue weighted by Gasteiger charge is -2.29. The van der Waals surface area contributed by atoms with Gasteiger partial charge in [-0.25, -0.2) is 0 Å². The normalized spacial score (nSPS) is 20.2. The minimum Gasteiger partial charge on any atom is -0.360 e. The van der Waals surface area contributed by atoms with Gasteiger partial charge in [0.25, 0.3) is 7.28 Å². The number of hydrogen-bond donors (Lipinski definition) is 0. The molecule has 0 saturated carbocycles. The van der Waals surface area contributed by atoms with E-state index in [0.717, 1.165) is 49.3 Å². The van der Waals surface area contributed by atoms with E-state index in [9.17, 15) is 0 Å². The van der Waals surface area contributed by atoms with Crippen molar-refractivity contribution in [3.63, 3.8) is 0 Å². The third-order valence-electron chi connectivity index (χ3n) is 5.77. The first-order chi connectivity index (χ1) is 14.0. The molecule has 29 heavy (non-hydrogen) atoms. The van der Waals surface area contributed by atoms with E-state index < -0.39 is 0 Å². The van der Waals surface area contributed by atoms with Gasteiger partial charge in [0.1, 0.15) is 0 Å². The Balaban J connectivity index is 1.97. The Bertz CT molecular complexity index is 755. The van der Waals surface area contributed by atoms with Gasteiger partial charge in [0.2, 0.25) is 0 Å². The smallest absolute Gasteiger partial charge is 0.271 e. The highest BCUT2D eigenvalue weighted by molar-refractivity contribution is 7.01. The van der Waals surface area contributed by atoms with Gasteiger partial charge in [0.15, 0.2) is 0 Å². The lowest BCUT2D eigenvalue weighted by atomic mass is 9.67. The molecule has 0 saturated heterocycles. The first kappa shape index (κ1) is 23.1. The van der Waals surface area contributed by atoms with Crippen molar-refractivity contribution in [3.8, 4) is 0 Å². The van der Waals surface area contributed by atoms with Gasteiger partial charge in [-0.3, -0.25) is 4.99 Å². The molecule has 155 valence electrons. The fraction of sp³-hybridized carbons (Fsp3) is 0.542. The molecule has 2 aliphatic rings. The van der Waals surface area contributed by atoms with Gasteiger partial charge < -0.3 is 4.90 Å². The predicted octanol–water partition coefficient (Wildman–Crippen LogP) is 5.58. The monoisotopic (exact) mass is 391 g/mol. The summed E-state index contributed by atoms with van der Waals surface area (Å²) in [6.45, 7) is 16.8. The summed E-state index contributed by atoms with van der Waals surface area (Å²) in [6.07, 6.45) is 14.7. The van der Waals surface area contributed by atoms with E-state index in [4.69, 9.17) is 4.99 Å². The zero-order valence-corrected chi connectivity index (χ0v) is 18.9. The van der Waals surface area contributed by atoms with Gasteiger partial charge in [-0.05, 0) is 42.7 Å². The van der Waals surface area contributed by atoms with E-state index in [1.165, 1.54) is 17.7 Å². The van der Waals surface area contributed by atoms with E-state index in [1.807, 2.05) is 6.08 Å². The summed E-state index contributed by atoms with van der Waals surface area (Å²) in [4.78, 5) is 7.05. The van der Waals surface area contributed by atoms with Crippen molar-refractivity contribution in [2.75, 3.05) is 13.1 Å². The molecular formula is C24H36BN4. The van der Waals surface area contributed by atoms with E-state index in [0.29, 0.717) is 11.8 Å². The SMILES string of the molecule is C=C/C(=C\C=C/C(C)CC)C1=NN=C(N2CCC(C)=C(N=CCC(C)CC)C2)[B]1. The van der Waals surface area contributed by atoms with Crippen LogP contribution in [0.3, 0.4) is 0 Å². The molecule has 2 atom stereocenters. The zero-order valence-electron chi connectivity index (χ0n) is 18.9. The Hall–Kier alpha value is -2.17. The van der Waals surface area contributed by atoms with Crippen molar-refractivity contribution in [2.45, 2.75) is 60.3 Å². The maximum atomic E-state index is 4.78. The van der Waals surface area contributed by atoms with Crippen molar-refractivity contribution in [1.29, 1.82) is 0 Å². The molecule has 0 aliphatic carbocycles. The second-order valence-electron chi connectivity index (χ2n) is 8.14. The summed E-state index contributed by atoms with van der Waals surface area (Å²) in [5, 5.41) is 8.84. The molecule has 0 bridgehead atoms. The van der Waals surface area contributed by atoms with Gasteiger partial charge in [-0.1, -0.05) is 71.4 Å². The van der Waals surface area contributed by atoms with E-state index >= 15 is 0 Å². The predicted molar refractivity (Wildman–Crippen MR) is 129 cm³/mol. The number of nitrogens with zero attached hydrogens (tertiary/aromatic N) is 4. The molecule has 0 aromatic carbocycles. The standard InChI is InChI=1S/C24H36BN4/c1-7-18(4)11-10-12-21(9-3)23-25-24(28-27-23)29-16-14-20(6)22(17-29)26-15-13-19(5)8-2/h9-12,15,18-19H,3,7-8,13-14,16-17H2,1-2,4-6H3/b11-10-,21-12+,26-15?. The Morgan fingerprint density at radius 3 is 2.76 bits per heavy atom. The van der Waals surface area contributed by atoms with Gasteiger partial charge in [-0.2, -0.15) is 5.10 Å². The first-order valence-corrected chi connectivity index (χ1v) is 11.0. The number of hydrogen-bond acceptors (Lipinski definition) is 4. The van der Waals surface area contributed by atoms with E-state index in [1.54, 1.807) is 0 Å². The van der Waals surface area contributed by atoms with Crippen LogP contribution in [0.25, 0.3) is 0 Å². The van der Waals surface area contributed by atoms with Crippen molar-refractivity contribution in [1.82, 2.24) is 4.90 Å². The van der Waals surface area contributed by atoms with Gasteiger partial charge >= 0.3 is 0 Å². The molecule has 2 unspecified atom stereocenters. The molecule has 0 aromatic rings. The molecule has 0 amide bonds. The first-order valence-electron chi connectivity index (χ1n) is 11.0. The lowest BCUT2D eigenvalue weighted by molar-refractivity contribution is 0.434. The maximum Gasteiger partial charge on any atom is 0.271 e. The summed E-state index contributed by atoms with van der Waals surface area (Å²) < 4.78 is 0. The van der Waals surface area contributed by atoms with Gasteiger partial charge in [0, 0.05) is 18.4 Å². The quantitative estimate of drug-likeness (QED) is 0.288. The van der Waals surface area contributed by atoms with E-state index in [2.05, 4.69) is 88.0 Å². The molecular weight excluding hydrogens is 355 g/mol. The number of aliphatic imine (C=N–C) groups is 1. The highest BCUT2D eigenvalue weighted by Crippen LogP contribution is 2.20. The molecule has 0 spiro atoms. The third-order valence-corrected chi connectivity index (χ3v) is 5.77. The molecule has 5 heteroatoms. The van der Waals surface area contributed by atoms with Gasteiger partial charge in [0.05, 0.1) is 18.0 Å². The molecule has 1 radical (unpaired) electrons. The largest absolute Gasteiger partial charge is 0.360 e. The van der Waals surface area contributed by atoms with Crippen LogP contribution in [0.15, 0.2) is 62.9 Å². The molecule has 0 N–H and O–H groups in total. The minimum absolute atomic E-state index is 0.571. The van der Waals surface area contributed by atoms with Crippen molar-refractivity contribution in [2.24, 2.45) is 27.0 Å². The van der Waals surface area contributed by atoms with Crippen LogP contribution in [-0.4, -0.2) is 42.8 Å². The fourth-order valence-corrected chi connectivity index (χ4v) is 3.02. The van der Waals surface area contributed by atoms with Crippen molar-refractivity contribution >= 4 is 24.8 Å². The summed E-state index contributed by atoms with van der Waals surface area (Å²) in [5.41, 5.74) is 5.33. The molecule has 0 aromatic heterocycles. The summed E-state index contributed by atoms with van der Waals surface area (Å²) in [5.74, 6) is 1.25. The highest BCUT2D eigenvalue weighted by Gasteiger charge is 2.25. The summed E-state index contributed by atoms with van der Waals surface area (Å²) in [6, 6.07) is 0. The van der Waals surface area contributed by atoms with Crippen LogP contribution in [0.2, 0.25) is 0 Å². The van der Waals surface area contributed by atoms with Crippen LogP contribution in [0.4, 0.5) is 0 Å². The fourth-order valence-electron chi connectivity index (χ4n) is 3.02. The Labute approximate surface area is 178 Å². The summed E-state index contributed by atoms with van der Waals surface area (Å²) in [7, 11) is 2.06. The molecule has 4 nitrogen and oxygen atoms in total. The minimum atomic E-state index is 0.571. The second kappa shape index (κ2) is 11.7. The molecule has 2 rings (SSSR count). The average Bonchev–Trinajstić information content (AvgIpc) is 3.22. The zero-order chi connectivity index (χ0) is 21.2. The third kappa shape index (κ3) is 6.99. The number of rotatable bonds is 9. The molecule has 2 heterocycles. The lowest BCUT2D eigenvalue weighted by Crippen LogP contribution is -2.40. The summed E-state index contributed by atoms with van der Waals surface area (Å²) >= 11 is 0. The Morgan fingerprint density at radius 2 is 2.07 bits per heavy atom. The van der Waals surface area contributed by atoms with Crippen LogP contribution in [0.5, 0.6) is 0 Å². The van der Waals surface area contributed by atoms with E-state index in [-0.39, 0.29) is 0 Å². The van der Waals surface area contributed by atoms with Crippen molar-refractivity contribution in [3.05, 3.63) is 47.7 Å². The maximum absolute atomic E-state index is 4.78. The van der Waals surface area contributed by atoms with Crippen LogP contribution in [0, 0.1) is 11.8 Å². The van der Waals surface area contributed by atoms with Crippen LogP contribution in [-0.2, 0) is 0 Å². The van der Waals surface area contributed by atoms with Crippen molar-refractivity contribution < 1.29 is 0 Å². The topological polar surface area (TPSA) is 40.3 Å². The molecule has 2 aliphatic heterocycles. The Kier molecular flexibility index (Phi) is 9.36. The number of amidine groups is 1. The van der Waals surface area contributed by atoms with Crippen LogP contribution < -0.4 is 0 Å². The van der Waals surface area contributed by atoms with Crippen LogP contribution >= 0.6 is 0 Å². The van der Waals surface area contributed by atoms with Crippen LogP contribution in [0.1, 0.15) is 60.3 Å². The highest BCUT2D eigenvalue weighted by atomic mass is 15.3. The number of allylic oxidation sites excluding steroid dienone is 5. The Morgan fingerprint density at radius 1 is 1.28 bits per heavy atom. The van der Waals surface area contributed by atoms with Gasteiger partial charge in [-0.15, -0.1) is 5.10 Å². The average molecular weight is 391 g/mol. The molecule has 0 fully saturated rings.